The lowest BCUT2D eigenvalue weighted by Crippen LogP contribution is -2.34. The Hall–Kier alpha value is -1.22. The van der Waals surface area contributed by atoms with Gasteiger partial charge in [0, 0.05) is 5.02 Å². The van der Waals surface area contributed by atoms with Crippen LogP contribution in [0.1, 0.15) is 45.7 Å². The number of hydrogen-bond acceptors (Lipinski definition) is 2. The van der Waals surface area contributed by atoms with Gasteiger partial charge < -0.3 is 10.1 Å². The molecule has 0 bridgehead atoms. The third kappa shape index (κ3) is 4.96. The third-order valence-corrected chi connectivity index (χ3v) is 2.62. The van der Waals surface area contributed by atoms with Crippen LogP contribution in [-0.4, -0.2) is 11.7 Å². The first-order chi connectivity index (χ1) is 8.31. The van der Waals surface area contributed by atoms with Crippen molar-refractivity contribution in [3.05, 3.63) is 34.9 Å². The molecule has 100 valence electrons. The van der Waals surface area contributed by atoms with Gasteiger partial charge in [-0.1, -0.05) is 30.7 Å². The quantitative estimate of drug-likeness (QED) is 0.888. The van der Waals surface area contributed by atoms with Gasteiger partial charge >= 0.3 is 6.09 Å². The summed E-state index contributed by atoms with van der Waals surface area (Å²) < 4.78 is 5.24. The highest BCUT2D eigenvalue weighted by Gasteiger charge is 2.19. The highest BCUT2D eigenvalue weighted by molar-refractivity contribution is 6.30. The van der Waals surface area contributed by atoms with Crippen molar-refractivity contribution in [3.8, 4) is 0 Å². The van der Waals surface area contributed by atoms with Gasteiger partial charge in [0.05, 0.1) is 6.04 Å². The first kappa shape index (κ1) is 14.8. The summed E-state index contributed by atoms with van der Waals surface area (Å²) in [6, 6.07) is 7.39. The van der Waals surface area contributed by atoms with E-state index in [1.807, 2.05) is 52.0 Å². The highest BCUT2D eigenvalue weighted by atomic mass is 35.5. The van der Waals surface area contributed by atoms with Crippen molar-refractivity contribution in [1.29, 1.82) is 0 Å². The Morgan fingerprint density at radius 3 is 2.33 bits per heavy atom. The summed E-state index contributed by atoms with van der Waals surface area (Å²) in [7, 11) is 0. The summed E-state index contributed by atoms with van der Waals surface area (Å²) in [6.45, 7) is 7.54. The van der Waals surface area contributed by atoms with Crippen molar-refractivity contribution >= 4 is 17.7 Å². The minimum atomic E-state index is -0.484. The second-order valence-corrected chi connectivity index (χ2v) is 5.60. The molecular formula is C14H20ClNO2. The molecule has 0 saturated carbocycles. The van der Waals surface area contributed by atoms with E-state index < -0.39 is 11.7 Å². The molecule has 0 fully saturated rings. The molecule has 0 saturated heterocycles. The van der Waals surface area contributed by atoms with Crippen LogP contribution in [0.2, 0.25) is 5.02 Å². The summed E-state index contributed by atoms with van der Waals surface area (Å²) in [5.41, 5.74) is 0.537. The van der Waals surface area contributed by atoms with Crippen LogP contribution in [0.3, 0.4) is 0 Å². The number of carbonyl (C=O) groups is 1. The van der Waals surface area contributed by atoms with E-state index in [1.165, 1.54) is 0 Å². The smallest absolute Gasteiger partial charge is 0.408 e. The molecule has 0 aromatic heterocycles. The minimum absolute atomic E-state index is 0.0582. The summed E-state index contributed by atoms with van der Waals surface area (Å²) in [6.07, 6.45) is 0.394. The zero-order valence-electron chi connectivity index (χ0n) is 11.3. The van der Waals surface area contributed by atoms with Crippen LogP contribution in [0.25, 0.3) is 0 Å². The van der Waals surface area contributed by atoms with Crippen molar-refractivity contribution < 1.29 is 9.53 Å². The summed E-state index contributed by atoms with van der Waals surface area (Å²) >= 11 is 5.84. The number of amides is 1. The van der Waals surface area contributed by atoms with Gasteiger partial charge in [-0.3, -0.25) is 0 Å². The average molecular weight is 270 g/mol. The fraction of sp³-hybridized carbons (Fsp3) is 0.500. The average Bonchev–Trinajstić information content (AvgIpc) is 2.25. The fourth-order valence-corrected chi connectivity index (χ4v) is 1.69. The summed E-state index contributed by atoms with van der Waals surface area (Å²) in [5.74, 6) is 0. The van der Waals surface area contributed by atoms with Crippen LogP contribution in [0, 0.1) is 0 Å². The third-order valence-electron chi connectivity index (χ3n) is 2.37. The Morgan fingerprint density at radius 2 is 1.89 bits per heavy atom. The molecule has 1 N–H and O–H groups in total. The van der Waals surface area contributed by atoms with Crippen LogP contribution in [0.15, 0.2) is 24.3 Å². The minimum Gasteiger partial charge on any atom is -0.444 e. The Balaban J connectivity index is 2.68. The molecule has 4 heteroatoms. The van der Waals surface area contributed by atoms with E-state index in [4.69, 9.17) is 16.3 Å². The maximum absolute atomic E-state index is 11.7. The molecule has 1 amide bonds. The Morgan fingerprint density at radius 1 is 1.33 bits per heavy atom. The normalized spacial score (nSPS) is 12.9. The molecule has 0 aliphatic heterocycles. The lowest BCUT2D eigenvalue weighted by atomic mass is 10.1. The monoisotopic (exact) mass is 269 g/mol. The van der Waals surface area contributed by atoms with Gasteiger partial charge in [-0.2, -0.15) is 0 Å². The van der Waals surface area contributed by atoms with Crippen LogP contribution < -0.4 is 5.32 Å². The highest BCUT2D eigenvalue weighted by Crippen LogP contribution is 2.19. The Labute approximate surface area is 113 Å². The molecule has 18 heavy (non-hydrogen) atoms. The Bertz CT molecular complexity index is 395. The van der Waals surface area contributed by atoms with Crippen LogP contribution in [-0.2, 0) is 4.74 Å². The van der Waals surface area contributed by atoms with Crippen molar-refractivity contribution in [2.45, 2.75) is 45.8 Å². The number of halogens is 1. The van der Waals surface area contributed by atoms with E-state index in [2.05, 4.69) is 5.32 Å². The molecule has 1 atom stereocenters. The summed E-state index contributed by atoms with van der Waals surface area (Å²) in [4.78, 5) is 11.7. The van der Waals surface area contributed by atoms with E-state index in [0.29, 0.717) is 5.02 Å². The van der Waals surface area contributed by atoms with E-state index in [1.54, 1.807) is 0 Å². The number of alkyl carbamates (subject to hydrolysis) is 1. The SMILES string of the molecule is CCC(NC(=O)OC(C)(C)C)c1ccc(Cl)cc1. The molecule has 0 aliphatic rings. The lowest BCUT2D eigenvalue weighted by Gasteiger charge is -2.23. The molecule has 0 heterocycles. The van der Waals surface area contributed by atoms with Gasteiger partial charge in [0.15, 0.2) is 0 Å². The number of benzene rings is 1. The van der Waals surface area contributed by atoms with Gasteiger partial charge in [0.25, 0.3) is 0 Å². The second-order valence-electron chi connectivity index (χ2n) is 5.16. The van der Waals surface area contributed by atoms with Crippen molar-refractivity contribution in [2.75, 3.05) is 0 Å². The van der Waals surface area contributed by atoms with E-state index >= 15 is 0 Å². The van der Waals surface area contributed by atoms with Gasteiger partial charge in [-0.15, -0.1) is 0 Å². The maximum atomic E-state index is 11.7. The number of hydrogen-bond donors (Lipinski definition) is 1. The molecule has 0 spiro atoms. The standard InChI is InChI=1S/C14H20ClNO2/c1-5-12(10-6-8-11(15)9-7-10)16-13(17)18-14(2,3)4/h6-9,12H,5H2,1-4H3,(H,16,17). The van der Waals surface area contributed by atoms with E-state index in [-0.39, 0.29) is 6.04 Å². The van der Waals surface area contributed by atoms with Crippen LogP contribution in [0.4, 0.5) is 4.79 Å². The molecule has 1 unspecified atom stereocenters. The van der Waals surface area contributed by atoms with Crippen LogP contribution >= 0.6 is 11.6 Å². The molecule has 0 radical (unpaired) electrons. The predicted octanol–water partition coefficient (Wildman–Crippen LogP) is 4.32. The maximum Gasteiger partial charge on any atom is 0.408 e. The van der Waals surface area contributed by atoms with E-state index in [0.717, 1.165) is 12.0 Å². The number of ether oxygens (including phenoxy) is 1. The first-order valence-corrected chi connectivity index (χ1v) is 6.44. The topological polar surface area (TPSA) is 38.3 Å². The van der Waals surface area contributed by atoms with Crippen molar-refractivity contribution in [2.24, 2.45) is 0 Å². The van der Waals surface area contributed by atoms with Gasteiger partial charge in [-0.25, -0.2) is 4.79 Å². The van der Waals surface area contributed by atoms with E-state index in [9.17, 15) is 4.79 Å². The zero-order valence-corrected chi connectivity index (χ0v) is 12.0. The fourth-order valence-electron chi connectivity index (χ4n) is 1.57. The number of rotatable bonds is 3. The number of nitrogens with one attached hydrogen (secondary N) is 1. The Kier molecular flexibility index (Phi) is 5.03. The van der Waals surface area contributed by atoms with Crippen LogP contribution in [0.5, 0.6) is 0 Å². The van der Waals surface area contributed by atoms with Crippen molar-refractivity contribution in [3.63, 3.8) is 0 Å². The second kappa shape index (κ2) is 6.10. The van der Waals surface area contributed by atoms with Gasteiger partial charge in [0.1, 0.15) is 5.60 Å². The molecule has 0 aliphatic carbocycles. The molecule has 3 nitrogen and oxygen atoms in total. The van der Waals surface area contributed by atoms with Gasteiger partial charge in [0.2, 0.25) is 0 Å². The summed E-state index contributed by atoms with van der Waals surface area (Å²) in [5, 5.41) is 3.54. The molecule has 1 rings (SSSR count). The molecule has 1 aromatic rings. The zero-order chi connectivity index (χ0) is 13.8. The largest absolute Gasteiger partial charge is 0.444 e. The number of carbonyl (C=O) groups excluding carboxylic acids is 1. The first-order valence-electron chi connectivity index (χ1n) is 6.07. The molecular weight excluding hydrogens is 250 g/mol. The lowest BCUT2D eigenvalue weighted by molar-refractivity contribution is 0.0502. The van der Waals surface area contributed by atoms with Crippen molar-refractivity contribution in [1.82, 2.24) is 5.32 Å². The van der Waals surface area contributed by atoms with Gasteiger partial charge in [-0.05, 0) is 44.9 Å². The predicted molar refractivity (Wildman–Crippen MR) is 73.9 cm³/mol. The molecule has 1 aromatic carbocycles.